The van der Waals surface area contributed by atoms with Crippen LogP contribution in [0.1, 0.15) is 171 Å². The molecule has 0 aliphatic carbocycles. The molecule has 1 unspecified atom stereocenters. The Kier molecular flexibility index (Phi) is 32.9. The van der Waals surface area contributed by atoms with Gasteiger partial charge in [-0.1, -0.05) is 84.7 Å². The van der Waals surface area contributed by atoms with Gasteiger partial charge in [0.25, 0.3) is 23.6 Å². The van der Waals surface area contributed by atoms with Gasteiger partial charge in [0.15, 0.2) is 11.4 Å². The molecule has 7 aliphatic rings. The van der Waals surface area contributed by atoms with E-state index < -0.39 is 205 Å². The number of amides is 10. The predicted octanol–water partition coefficient (Wildman–Crippen LogP) is 9.96. The molecule has 5 saturated heterocycles. The molecule has 0 aromatic heterocycles. The zero-order valence-electron chi connectivity index (χ0n) is 76.8. The lowest BCUT2D eigenvalue weighted by atomic mass is 9.83. The molecule has 0 saturated carbocycles. The molecule has 0 radical (unpaired) electrons. The van der Waals surface area contributed by atoms with Crippen molar-refractivity contribution in [3.8, 4) is 11.5 Å². The number of aliphatic hydroxyl groups is 2. The standard InChI is InChI=1S/C94H115Cl2N9O28/c1-50-22-20-24-69(124-14)93(121)47-67(127-89(119)99-93)52(3)82-91(7,131-82)71(45-75(108)103(11)63-40-56(38-50)42-65(123-13)80(63)95)129-87(117)54(5)101(9)85(115)59-32-36-62(37-33-59)98-74(107)27-17-19-29-79(113)133-105-77(110)44-60(86(105)116)49-126-66-43-57-39-51(2)23-21-25-70(125-15)94(122)48-68(128-90(120)100-94)53(4)83-92(8,132-83)72(46-76(109)104(12)64(41-57)81(66)96)130-88(118)55(6)102(10)84(114)58-30-34-61(35-31-58)97-73(106)26-16-18-28-78(111)112/h20-25,30-37,40-43,52-55,60,67-72,82-83,121-122H,16-19,26-29,38-39,44-49H2,1-15H3,(H,97,106)(H,98,107)(H,99,119)(H,100,120)(H,111,112)/b24-20+,25-21+,50-22+,51-23+/t52-,53-,54+,55+,60?,67+,68+,69-,70-,71+,72+,82+,83+,91+,92+,93+,94+/m1/s1. The van der Waals surface area contributed by atoms with Crippen LogP contribution in [0.15, 0.2) is 120 Å². The first-order valence-electron chi connectivity index (χ1n) is 43.7. The Hall–Kier alpha value is -11.8. The van der Waals surface area contributed by atoms with Gasteiger partial charge in [-0.05, 0) is 164 Å². The van der Waals surface area contributed by atoms with Gasteiger partial charge in [-0.25, -0.2) is 24.0 Å². The van der Waals surface area contributed by atoms with Crippen LogP contribution in [0.4, 0.5) is 32.3 Å². The van der Waals surface area contributed by atoms with E-state index in [9.17, 15) is 72.5 Å². The van der Waals surface area contributed by atoms with Crippen molar-refractivity contribution in [2.24, 2.45) is 17.8 Å². The number of methoxy groups -OCH3 is 3. The number of esters is 2. The smallest absolute Gasteiger partial charge is 0.409 e. The van der Waals surface area contributed by atoms with Crippen molar-refractivity contribution >= 4 is 129 Å². The maximum atomic E-state index is 15.0. The van der Waals surface area contributed by atoms with Crippen molar-refractivity contribution in [3.63, 3.8) is 0 Å². The number of unbranched alkanes of at least 4 members (excludes halogenated alkanes) is 2. The largest absolute Gasteiger partial charge is 0.495 e. The number of rotatable bonds is 27. The predicted molar refractivity (Wildman–Crippen MR) is 480 cm³/mol. The number of fused-ring (bicyclic) bond motifs is 10. The highest BCUT2D eigenvalue weighted by atomic mass is 35.5. The third-order valence-electron chi connectivity index (χ3n) is 25.4. The second-order valence-corrected chi connectivity index (χ2v) is 35.9. The van der Waals surface area contributed by atoms with Crippen molar-refractivity contribution in [2.45, 2.75) is 235 Å². The number of anilines is 4. The molecule has 11 rings (SSSR count). The quantitative estimate of drug-likeness (QED) is 0.00959. The van der Waals surface area contributed by atoms with Crippen molar-refractivity contribution < 1.29 is 135 Å². The number of halogens is 2. The van der Waals surface area contributed by atoms with E-state index in [0.29, 0.717) is 58.3 Å². The molecule has 4 aromatic rings. The van der Waals surface area contributed by atoms with E-state index in [2.05, 4.69) is 21.3 Å². The Bertz CT molecular complexity index is 5260. The minimum absolute atomic E-state index is 0.0388. The lowest BCUT2D eigenvalue weighted by Gasteiger charge is -2.42. The molecule has 17 atom stereocenters. The summed E-state index contributed by atoms with van der Waals surface area (Å²) in [6.45, 7) is 12.7. The SMILES string of the molecule is COc1cc2cc(c1Cl)N(C)C(=O)C[C@H](OC(=O)[C@H](C)N(C)C(=O)c1ccc(NC(=O)CCCCC(=O)ON3C(=O)CC(COc4cc5cc(c4Cl)N(C)C(=O)C[C@H](OC(=O)[C@H](C)N(C)C(=O)c4ccc(NC(=O)CCCCC(=O)O)cc4)[C@]4(C)O[C@H]4[C@H](C)[C@@H]4C[C@@](O)(NC(=O)O4)[C@H](OC)/C=C/C=C(\C)C5)C3=O)cc1)[C@]1(C)O[C@H]1[C@H](C)[C@@H]1C[C@@](O)(NC(=O)O1)[C@H](OC)/C=C/C=C(\C)C2. The molecule has 7 N–H and O–H groups in total. The number of ether oxygens (including phenoxy) is 10. The van der Waals surface area contributed by atoms with Gasteiger partial charge in [0, 0.05) is 122 Å². The second kappa shape index (κ2) is 43.0. The zero-order valence-corrected chi connectivity index (χ0v) is 78.3. The summed E-state index contributed by atoms with van der Waals surface area (Å²) in [5, 5.41) is 43.8. The van der Waals surface area contributed by atoms with Gasteiger partial charge in [0.05, 0.1) is 49.5 Å². The van der Waals surface area contributed by atoms with Gasteiger partial charge in [0.1, 0.15) is 88.1 Å². The number of epoxide rings is 2. The fraction of sp³-hybridized carbons (Fsp3) is 0.511. The summed E-state index contributed by atoms with van der Waals surface area (Å²) in [4.78, 5) is 201. The second-order valence-electron chi connectivity index (χ2n) is 35.2. The number of hydrogen-bond acceptors (Lipinski definition) is 27. The average Bonchev–Trinajstić information content (AvgIpc) is 1.57. The number of allylic oxidation sites excluding steroid dienone is 6. The van der Waals surface area contributed by atoms with Gasteiger partial charge in [-0.2, -0.15) is 0 Å². The van der Waals surface area contributed by atoms with Crippen LogP contribution < -0.4 is 40.5 Å². The van der Waals surface area contributed by atoms with E-state index in [-0.39, 0.29) is 96.3 Å². The summed E-state index contributed by atoms with van der Waals surface area (Å²) < 4.78 is 60.0. The Balaban J connectivity index is 0.695. The van der Waals surface area contributed by atoms with Crippen molar-refractivity contribution in [1.29, 1.82) is 0 Å². The Morgan fingerprint density at radius 2 is 0.985 bits per heavy atom. The highest BCUT2D eigenvalue weighted by Gasteiger charge is 2.66. The number of alkyl carbamates (subject to hydrolysis) is 2. The number of likely N-dealkylation sites (N-methyl/N-ethyl adjacent to an activating group) is 2. The van der Waals surface area contributed by atoms with Crippen LogP contribution in [-0.2, 0) is 104 Å². The van der Waals surface area contributed by atoms with Crippen LogP contribution >= 0.6 is 23.2 Å². The molecule has 7 aliphatic heterocycles. The molecule has 718 valence electrons. The van der Waals surface area contributed by atoms with Gasteiger partial charge in [0.2, 0.25) is 23.6 Å². The molecular weight excluding hydrogens is 1770 g/mol. The number of aliphatic carboxylic acids is 1. The third kappa shape index (κ3) is 24.2. The lowest BCUT2D eigenvalue weighted by molar-refractivity contribution is -0.198. The van der Waals surface area contributed by atoms with Crippen LogP contribution in [-0.4, -0.2) is 253 Å². The lowest BCUT2D eigenvalue weighted by Crippen LogP contribution is -2.63. The first-order valence-corrected chi connectivity index (χ1v) is 44.5. The number of carbonyl (C=O) groups excluding carboxylic acids is 13. The van der Waals surface area contributed by atoms with Crippen molar-refractivity contribution in [3.05, 3.63) is 153 Å². The van der Waals surface area contributed by atoms with Gasteiger partial charge >= 0.3 is 36.1 Å². The fourth-order valence-electron chi connectivity index (χ4n) is 16.9. The first kappa shape index (κ1) is 102. The monoisotopic (exact) mass is 1890 g/mol. The van der Waals surface area contributed by atoms with Crippen LogP contribution in [0.5, 0.6) is 11.5 Å². The normalized spacial score (nSPS) is 28.4. The number of carboxylic acid groups (broad SMARTS) is 1. The molecule has 37 nitrogen and oxygen atoms in total. The summed E-state index contributed by atoms with van der Waals surface area (Å²) in [5.41, 5.74) is -2.73. The molecule has 7 heterocycles. The maximum absolute atomic E-state index is 15.0. The maximum Gasteiger partial charge on any atom is 0.409 e. The van der Waals surface area contributed by atoms with Gasteiger partial charge in [-0.15, -0.1) is 5.06 Å². The Morgan fingerprint density at radius 3 is 1.40 bits per heavy atom. The summed E-state index contributed by atoms with van der Waals surface area (Å²) in [5.74, 6) is -11.2. The molecule has 8 bridgehead atoms. The zero-order chi connectivity index (χ0) is 97.2. The molecule has 39 heteroatoms. The third-order valence-corrected chi connectivity index (χ3v) is 26.2. The van der Waals surface area contributed by atoms with Gasteiger partial charge < -0.3 is 97.8 Å². The molecule has 5 fully saturated rings. The summed E-state index contributed by atoms with van der Waals surface area (Å²) in [6.07, 6.45) is -1.30. The molecule has 0 spiro atoms. The molecule has 10 amide bonds. The number of carboxylic acids is 1. The van der Waals surface area contributed by atoms with E-state index in [0.717, 1.165) is 20.9 Å². The molecule has 133 heavy (non-hydrogen) atoms. The fourth-order valence-corrected chi connectivity index (χ4v) is 17.5. The van der Waals surface area contributed by atoms with E-state index in [1.54, 1.807) is 89.3 Å². The summed E-state index contributed by atoms with van der Waals surface area (Å²) >= 11 is 14.1. The summed E-state index contributed by atoms with van der Waals surface area (Å²) in [7, 11) is 9.87. The minimum Gasteiger partial charge on any atom is -0.495 e. The van der Waals surface area contributed by atoms with Crippen molar-refractivity contribution in [2.75, 3.05) is 76.6 Å². The molecular formula is C94H115Cl2N9O28. The van der Waals surface area contributed by atoms with Crippen molar-refractivity contribution in [1.82, 2.24) is 25.5 Å². The topological polar surface area (TPSA) is 472 Å². The highest BCUT2D eigenvalue weighted by molar-refractivity contribution is 6.36. The summed E-state index contributed by atoms with van der Waals surface area (Å²) in [6, 6.07) is 15.8. The number of hydroxylamine groups is 2. The van der Waals surface area contributed by atoms with Crippen LogP contribution in [0, 0.1) is 17.8 Å². The number of nitrogens with zero attached hydrogens (tertiary/aromatic N) is 5. The van der Waals surface area contributed by atoms with E-state index in [1.807, 2.05) is 13.0 Å². The highest BCUT2D eigenvalue weighted by Crippen LogP contribution is 2.52. The average molecular weight is 1890 g/mol. The number of carbonyl (C=O) groups is 14. The van der Waals surface area contributed by atoms with Crippen LogP contribution in [0.25, 0.3) is 0 Å². The Morgan fingerprint density at radius 1 is 0.579 bits per heavy atom. The van der Waals surface area contributed by atoms with E-state index in [4.69, 9.17) is 80.5 Å². The molecule has 4 aromatic carbocycles. The van der Waals surface area contributed by atoms with Crippen LogP contribution in [0.3, 0.4) is 0 Å². The number of benzene rings is 4. The van der Waals surface area contributed by atoms with E-state index >= 15 is 4.79 Å². The van der Waals surface area contributed by atoms with E-state index in [1.165, 1.54) is 122 Å². The van der Waals surface area contributed by atoms with Gasteiger partial charge in [-0.3, -0.25) is 53.8 Å². The number of nitrogens with one attached hydrogen (secondary N) is 4. The number of imide groups is 1. The van der Waals surface area contributed by atoms with Crippen LogP contribution in [0.2, 0.25) is 10.0 Å². The minimum atomic E-state index is -2.02. The first-order chi connectivity index (χ1) is 62.8. The number of hydrogen-bond donors (Lipinski definition) is 7. The Labute approximate surface area is 779 Å².